The number of aliphatic hydroxyl groups is 1. The number of benzene rings is 1. The van der Waals surface area contributed by atoms with Crippen LogP contribution in [0.4, 0.5) is 0 Å². The fraction of sp³-hybridized carbons (Fsp3) is 0.385. The molecule has 1 aromatic rings. The Morgan fingerprint density at radius 3 is 2.40 bits per heavy atom. The van der Waals surface area contributed by atoms with Crippen molar-refractivity contribution in [1.29, 1.82) is 0 Å². The first kappa shape index (κ1) is 15.8. The van der Waals surface area contributed by atoms with Crippen molar-refractivity contribution in [3.05, 3.63) is 23.8 Å². The van der Waals surface area contributed by atoms with Crippen LogP contribution in [0.2, 0.25) is 0 Å². The predicted octanol–water partition coefficient (Wildman–Crippen LogP) is -0.192. The molecule has 0 bridgehead atoms. The lowest BCUT2D eigenvalue weighted by molar-refractivity contribution is -0.142. The Kier molecular flexibility index (Phi) is 5.79. The van der Waals surface area contributed by atoms with Crippen LogP contribution in [0, 0.1) is 0 Å². The summed E-state index contributed by atoms with van der Waals surface area (Å²) in [6.07, 6.45) is -0.0237. The molecule has 0 heterocycles. The third kappa shape index (κ3) is 4.13. The van der Waals surface area contributed by atoms with Crippen LogP contribution >= 0.6 is 0 Å². The first-order chi connectivity index (χ1) is 9.51. The molecule has 1 rings (SSSR count). The maximum atomic E-state index is 11.7. The van der Waals surface area contributed by atoms with Gasteiger partial charge in [0.2, 0.25) is 5.91 Å². The van der Waals surface area contributed by atoms with Crippen LogP contribution in [0.3, 0.4) is 0 Å². The van der Waals surface area contributed by atoms with E-state index in [-0.39, 0.29) is 6.42 Å². The minimum absolute atomic E-state index is 0.0237. The average molecular weight is 283 g/mol. The van der Waals surface area contributed by atoms with Crippen LogP contribution in [0.15, 0.2) is 18.2 Å². The molecule has 20 heavy (non-hydrogen) atoms. The molecular weight excluding hydrogens is 266 g/mol. The molecule has 0 aliphatic rings. The van der Waals surface area contributed by atoms with Crippen molar-refractivity contribution in [2.24, 2.45) is 0 Å². The number of aliphatic carboxylic acids is 1. The van der Waals surface area contributed by atoms with E-state index in [0.29, 0.717) is 17.1 Å². The molecule has 0 spiro atoms. The van der Waals surface area contributed by atoms with Gasteiger partial charge in [0.15, 0.2) is 11.5 Å². The minimum atomic E-state index is -1.30. The highest BCUT2D eigenvalue weighted by molar-refractivity contribution is 5.85. The summed E-state index contributed by atoms with van der Waals surface area (Å²) in [5.74, 6) is -0.767. The van der Waals surface area contributed by atoms with Crippen molar-refractivity contribution in [3.63, 3.8) is 0 Å². The van der Waals surface area contributed by atoms with Gasteiger partial charge in [-0.3, -0.25) is 4.79 Å². The minimum Gasteiger partial charge on any atom is -0.493 e. The number of amides is 1. The van der Waals surface area contributed by atoms with Gasteiger partial charge in [-0.2, -0.15) is 0 Å². The summed E-state index contributed by atoms with van der Waals surface area (Å²) in [6, 6.07) is 3.66. The monoisotopic (exact) mass is 283 g/mol. The zero-order chi connectivity index (χ0) is 15.1. The number of hydrogen-bond donors (Lipinski definition) is 3. The molecular formula is C13H17NO6. The van der Waals surface area contributed by atoms with Gasteiger partial charge in [0, 0.05) is 0 Å². The number of methoxy groups -OCH3 is 2. The second kappa shape index (κ2) is 7.34. The van der Waals surface area contributed by atoms with E-state index in [4.69, 9.17) is 19.7 Å². The molecule has 110 valence electrons. The largest absolute Gasteiger partial charge is 0.493 e. The number of nitrogens with one attached hydrogen (secondary N) is 1. The Morgan fingerprint density at radius 2 is 1.90 bits per heavy atom. The number of rotatable bonds is 7. The maximum Gasteiger partial charge on any atom is 0.328 e. The van der Waals surface area contributed by atoms with Crippen LogP contribution in [0.25, 0.3) is 0 Å². The van der Waals surface area contributed by atoms with Crippen molar-refractivity contribution in [2.45, 2.75) is 12.5 Å². The summed E-state index contributed by atoms with van der Waals surface area (Å²) < 4.78 is 10.2. The van der Waals surface area contributed by atoms with Gasteiger partial charge in [0.25, 0.3) is 0 Å². The summed E-state index contributed by atoms with van der Waals surface area (Å²) in [6.45, 7) is -0.660. The Bertz CT molecular complexity index is 488. The highest BCUT2D eigenvalue weighted by atomic mass is 16.5. The van der Waals surface area contributed by atoms with Crippen LogP contribution in [0.1, 0.15) is 5.56 Å². The molecule has 0 saturated carbocycles. The first-order valence-electron chi connectivity index (χ1n) is 5.85. The molecule has 1 atom stereocenters. The number of carboxylic acids is 1. The molecule has 0 radical (unpaired) electrons. The normalized spacial score (nSPS) is 11.6. The number of aliphatic hydroxyl groups excluding tert-OH is 1. The second-order valence-electron chi connectivity index (χ2n) is 4.01. The number of ether oxygens (including phenoxy) is 2. The highest BCUT2D eigenvalue weighted by Crippen LogP contribution is 2.27. The summed E-state index contributed by atoms with van der Waals surface area (Å²) in [5, 5.41) is 19.8. The van der Waals surface area contributed by atoms with E-state index in [1.165, 1.54) is 14.2 Å². The highest BCUT2D eigenvalue weighted by Gasteiger charge is 2.19. The van der Waals surface area contributed by atoms with Crippen molar-refractivity contribution < 1.29 is 29.3 Å². The van der Waals surface area contributed by atoms with Crippen molar-refractivity contribution in [1.82, 2.24) is 5.32 Å². The molecule has 0 aliphatic heterocycles. The van der Waals surface area contributed by atoms with Gasteiger partial charge < -0.3 is 25.0 Å². The van der Waals surface area contributed by atoms with Crippen LogP contribution in [0.5, 0.6) is 11.5 Å². The molecule has 0 aromatic heterocycles. The smallest absolute Gasteiger partial charge is 0.328 e. The van der Waals surface area contributed by atoms with Crippen LogP contribution < -0.4 is 14.8 Å². The molecule has 1 aromatic carbocycles. The van der Waals surface area contributed by atoms with Gasteiger partial charge in [0.1, 0.15) is 6.04 Å². The number of hydrogen-bond acceptors (Lipinski definition) is 5. The molecule has 7 nitrogen and oxygen atoms in total. The van der Waals surface area contributed by atoms with E-state index in [1.54, 1.807) is 18.2 Å². The third-order valence-corrected chi connectivity index (χ3v) is 2.63. The molecule has 0 fully saturated rings. The number of carbonyl (C=O) groups is 2. The lowest BCUT2D eigenvalue weighted by Gasteiger charge is -2.12. The second-order valence-corrected chi connectivity index (χ2v) is 4.01. The van der Waals surface area contributed by atoms with Gasteiger partial charge in [0.05, 0.1) is 27.2 Å². The third-order valence-electron chi connectivity index (χ3n) is 2.63. The molecule has 0 unspecified atom stereocenters. The average Bonchev–Trinajstić information content (AvgIpc) is 2.44. The molecule has 1 amide bonds. The van der Waals surface area contributed by atoms with Gasteiger partial charge in [-0.1, -0.05) is 6.07 Å². The topological polar surface area (TPSA) is 105 Å². The van der Waals surface area contributed by atoms with Gasteiger partial charge in [-0.05, 0) is 17.7 Å². The summed E-state index contributed by atoms with van der Waals surface area (Å²) in [5.41, 5.74) is 0.641. The van der Waals surface area contributed by atoms with Gasteiger partial charge >= 0.3 is 5.97 Å². The van der Waals surface area contributed by atoms with E-state index in [9.17, 15) is 9.59 Å². The number of carboxylic acid groups (broad SMARTS) is 1. The fourth-order valence-corrected chi connectivity index (χ4v) is 1.61. The Hall–Kier alpha value is -2.28. The van der Waals surface area contributed by atoms with E-state index < -0.39 is 24.5 Å². The van der Waals surface area contributed by atoms with Crippen LogP contribution in [-0.4, -0.2) is 49.0 Å². The first-order valence-corrected chi connectivity index (χ1v) is 5.85. The van der Waals surface area contributed by atoms with Crippen molar-refractivity contribution in [3.8, 4) is 11.5 Å². The number of carbonyl (C=O) groups excluding carboxylic acids is 1. The maximum absolute atomic E-state index is 11.7. The summed E-state index contributed by atoms with van der Waals surface area (Å²) in [7, 11) is 2.98. The van der Waals surface area contributed by atoms with E-state index >= 15 is 0 Å². The molecule has 3 N–H and O–H groups in total. The SMILES string of the molecule is COc1ccc(CC(=O)N[C@@H](CO)C(=O)O)cc1OC. The van der Waals surface area contributed by atoms with E-state index in [1.807, 2.05) is 0 Å². The summed E-state index contributed by atoms with van der Waals surface area (Å²) in [4.78, 5) is 22.4. The lowest BCUT2D eigenvalue weighted by Crippen LogP contribution is -2.43. The Morgan fingerprint density at radius 1 is 1.25 bits per heavy atom. The standard InChI is InChI=1S/C13H17NO6/c1-19-10-4-3-8(5-11(10)20-2)6-12(16)14-9(7-15)13(17)18/h3-5,9,15H,6-7H2,1-2H3,(H,14,16)(H,17,18)/t9-/m0/s1. The zero-order valence-electron chi connectivity index (χ0n) is 11.3. The van der Waals surface area contributed by atoms with Crippen LogP contribution in [-0.2, 0) is 16.0 Å². The van der Waals surface area contributed by atoms with Crippen molar-refractivity contribution in [2.75, 3.05) is 20.8 Å². The molecule has 7 heteroatoms. The quantitative estimate of drug-likeness (QED) is 0.640. The molecule has 0 aliphatic carbocycles. The molecule has 0 saturated heterocycles. The van der Waals surface area contributed by atoms with Gasteiger partial charge in [-0.15, -0.1) is 0 Å². The van der Waals surface area contributed by atoms with E-state index in [2.05, 4.69) is 5.32 Å². The Balaban J connectivity index is 2.73. The van der Waals surface area contributed by atoms with Gasteiger partial charge in [-0.25, -0.2) is 4.79 Å². The Labute approximate surface area is 116 Å². The van der Waals surface area contributed by atoms with E-state index in [0.717, 1.165) is 0 Å². The predicted molar refractivity (Wildman–Crippen MR) is 69.9 cm³/mol. The lowest BCUT2D eigenvalue weighted by atomic mass is 10.1. The zero-order valence-corrected chi connectivity index (χ0v) is 11.3. The summed E-state index contributed by atoms with van der Waals surface area (Å²) >= 11 is 0. The fourth-order valence-electron chi connectivity index (χ4n) is 1.61. The van der Waals surface area contributed by atoms with Crippen molar-refractivity contribution >= 4 is 11.9 Å².